The van der Waals surface area contributed by atoms with Crippen molar-refractivity contribution in [2.75, 3.05) is 50.2 Å². The highest BCUT2D eigenvalue weighted by molar-refractivity contribution is 9.10. The van der Waals surface area contributed by atoms with Gasteiger partial charge >= 0.3 is 0 Å². The van der Waals surface area contributed by atoms with Crippen molar-refractivity contribution in [3.05, 3.63) is 68.5 Å². The van der Waals surface area contributed by atoms with Crippen LogP contribution in [0.25, 0.3) is 22.4 Å². The van der Waals surface area contributed by atoms with Gasteiger partial charge in [0.2, 0.25) is 0 Å². The number of nitrogens with one attached hydrogen (secondary N) is 3. The zero-order valence-electron chi connectivity index (χ0n) is 21.1. The van der Waals surface area contributed by atoms with Gasteiger partial charge < -0.3 is 39.9 Å². The maximum Gasteiger partial charge on any atom is 0.261 e. The van der Waals surface area contributed by atoms with E-state index in [-0.39, 0.29) is 24.8 Å². The van der Waals surface area contributed by atoms with Crippen molar-refractivity contribution in [2.45, 2.75) is 19.1 Å². The molecule has 2 atom stereocenters. The molecule has 0 saturated carbocycles. The van der Waals surface area contributed by atoms with Crippen molar-refractivity contribution in [3.8, 4) is 17.1 Å². The Balaban J connectivity index is 1.42. The van der Waals surface area contributed by atoms with Gasteiger partial charge in [0, 0.05) is 31.5 Å². The van der Waals surface area contributed by atoms with Gasteiger partial charge in [-0.25, -0.2) is 4.98 Å². The number of aliphatic hydroxyl groups excluding tert-OH is 2. The highest BCUT2D eigenvalue weighted by atomic mass is 79.9. The molecule has 0 spiro atoms. The van der Waals surface area contributed by atoms with Crippen LogP contribution in [-0.2, 0) is 4.74 Å². The Labute approximate surface area is 227 Å². The third-order valence-electron chi connectivity index (χ3n) is 6.71. The molecule has 200 valence electrons. The Morgan fingerprint density at radius 3 is 2.92 bits per heavy atom. The number of anilines is 2. The fourth-order valence-corrected chi connectivity index (χ4v) is 5.27. The summed E-state index contributed by atoms with van der Waals surface area (Å²) >= 11 is 3.45. The van der Waals surface area contributed by atoms with Gasteiger partial charge in [-0.3, -0.25) is 4.79 Å². The smallest absolute Gasteiger partial charge is 0.261 e. The molecule has 1 aliphatic heterocycles. The van der Waals surface area contributed by atoms with E-state index >= 15 is 0 Å². The second kappa shape index (κ2) is 11.2. The van der Waals surface area contributed by atoms with Crippen molar-refractivity contribution >= 4 is 38.3 Å². The van der Waals surface area contributed by atoms with Gasteiger partial charge in [-0.05, 0) is 64.3 Å². The Kier molecular flexibility index (Phi) is 7.70. The first-order valence-electron chi connectivity index (χ1n) is 12.3. The summed E-state index contributed by atoms with van der Waals surface area (Å²) in [5, 5.41) is 23.5. The van der Waals surface area contributed by atoms with Crippen molar-refractivity contribution in [3.63, 3.8) is 0 Å². The summed E-state index contributed by atoms with van der Waals surface area (Å²) in [5.41, 5.74) is 4.86. The average molecular weight is 584 g/mol. The average Bonchev–Trinajstić information content (AvgIpc) is 3.36. The number of rotatable bonds is 8. The summed E-state index contributed by atoms with van der Waals surface area (Å²) in [6, 6.07) is 11.2. The standard InChI is InChI=1S/C27H30BrN5O5/c1-15-9-17(33-7-8-38-18(13-33)14-34)11-21-25(15)32-26(31-21)24-20(5-6-29-27(24)36)30-12-22(35)16-3-4-23(37-2)19(28)10-16/h3-6,9-11,18,22,34-35H,7-8,12-14H2,1-2H3,(H,31,32)(H2,29,30,36). The Morgan fingerprint density at radius 2 is 2.16 bits per heavy atom. The van der Waals surface area contributed by atoms with Gasteiger partial charge in [0.1, 0.15) is 17.1 Å². The van der Waals surface area contributed by atoms with Crippen molar-refractivity contribution in [1.82, 2.24) is 15.0 Å². The predicted octanol–water partition coefficient (Wildman–Crippen LogP) is 3.34. The molecule has 0 amide bonds. The van der Waals surface area contributed by atoms with Crippen LogP contribution in [0.1, 0.15) is 17.2 Å². The van der Waals surface area contributed by atoms with Crippen LogP contribution >= 0.6 is 15.9 Å². The minimum atomic E-state index is -0.818. The molecule has 5 N–H and O–H groups in total. The third kappa shape index (κ3) is 5.28. The highest BCUT2D eigenvalue weighted by Gasteiger charge is 2.22. The molecule has 3 heterocycles. The lowest BCUT2D eigenvalue weighted by molar-refractivity contribution is 0.00357. The SMILES string of the molecule is COc1ccc(C(O)CNc2cc[nH]c(=O)c2-c2nc3c(C)cc(N4CCOC(CO)C4)cc3[nH]2)cc1Br. The summed E-state index contributed by atoms with van der Waals surface area (Å²) in [6.07, 6.45) is 0.524. The van der Waals surface area contributed by atoms with Gasteiger partial charge in [-0.15, -0.1) is 0 Å². The van der Waals surface area contributed by atoms with Gasteiger partial charge in [0.15, 0.2) is 0 Å². The van der Waals surface area contributed by atoms with Crippen LogP contribution in [-0.4, -0.2) is 71.2 Å². The van der Waals surface area contributed by atoms with Crippen molar-refractivity contribution in [2.24, 2.45) is 0 Å². The van der Waals surface area contributed by atoms with Crippen LogP contribution in [0.5, 0.6) is 5.75 Å². The van der Waals surface area contributed by atoms with E-state index in [1.807, 2.05) is 13.0 Å². The topological polar surface area (TPSA) is 136 Å². The van der Waals surface area contributed by atoms with Gasteiger partial charge in [0.25, 0.3) is 5.56 Å². The second-order valence-electron chi connectivity index (χ2n) is 9.25. The lowest BCUT2D eigenvalue weighted by atomic mass is 10.1. The van der Waals surface area contributed by atoms with E-state index in [0.717, 1.165) is 33.3 Å². The number of nitrogens with zero attached hydrogens (tertiary/aromatic N) is 2. The van der Waals surface area contributed by atoms with Crippen LogP contribution in [0, 0.1) is 6.92 Å². The summed E-state index contributed by atoms with van der Waals surface area (Å²) in [4.78, 5) is 25.9. The summed E-state index contributed by atoms with van der Waals surface area (Å²) in [6.45, 7) is 4.01. The maximum atomic E-state index is 12.9. The lowest BCUT2D eigenvalue weighted by Crippen LogP contribution is -2.44. The minimum absolute atomic E-state index is 0.0249. The van der Waals surface area contributed by atoms with E-state index in [0.29, 0.717) is 41.5 Å². The molecule has 0 radical (unpaired) electrons. The van der Waals surface area contributed by atoms with Crippen LogP contribution < -0.4 is 20.5 Å². The number of aliphatic hydroxyl groups is 2. The largest absolute Gasteiger partial charge is 0.496 e. The number of ether oxygens (including phenoxy) is 2. The number of halogens is 1. The molecular formula is C27H30BrN5O5. The van der Waals surface area contributed by atoms with Crippen LogP contribution in [0.2, 0.25) is 0 Å². The number of aromatic nitrogens is 3. The quantitative estimate of drug-likeness (QED) is 0.213. The number of H-pyrrole nitrogens is 2. The predicted molar refractivity (Wildman–Crippen MR) is 150 cm³/mol. The van der Waals surface area contributed by atoms with Crippen LogP contribution in [0.15, 0.2) is 51.9 Å². The molecule has 1 aliphatic rings. The molecule has 0 aliphatic carbocycles. The van der Waals surface area contributed by atoms with E-state index in [1.54, 1.807) is 37.6 Å². The monoisotopic (exact) mass is 583 g/mol. The number of aryl methyl sites for hydroxylation is 1. The first-order valence-corrected chi connectivity index (χ1v) is 13.1. The number of fused-ring (bicyclic) bond motifs is 1. The molecule has 4 aromatic rings. The Morgan fingerprint density at radius 1 is 1.32 bits per heavy atom. The zero-order chi connectivity index (χ0) is 26.8. The number of imidazole rings is 1. The first kappa shape index (κ1) is 26.2. The minimum Gasteiger partial charge on any atom is -0.496 e. The molecule has 11 heteroatoms. The van der Waals surface area contributed by atoms with E-state index in [9.17, 15) is 15.0 Å². The maximum absolute atomic E-state index is 12.9. The number of hydrogen-bond donors (Lipinski definition) is 5. The number of pyridine rings is 1. The third-order valence-corrected chi connectivity index (χ3v) is 7.33. The molecule has 10 nitrogen and oxygen atoms in total. The Hall–Kier alpha value is -3.38. The first-order chi connectivity index (χ1) is 18.4. The fourth-order valence-electron chi connectivity index (χ4n) is 4.71. The van der Waals surface area contributed by atoms with E-state index in [1.165, 1.54) is 0 Å². The number of methoxy groups -OCH3 is 1. The van der Waals surface area contributed by atoms with Gasteiger partial charge in [-0.1, -0.05) is 6.07 Å². The van der Waals surface area contributed by atoms with Gasteiger partial charge in [0.05, 0.1) is 53.7 Å². The molecular weight excluding hydrogens is 554 g/mol. The molecule has 0 bridgehead atoms. The molecule has 38 heavy (non-hydrogen) atoms. The Bertz CT molecular complexity index is 1500. The number of aromatic amines is 2. The van der Waals surface area contributed by atoms with Gasteiger partial charge in [-0.2, -0.15) is 0 Å². The number of hydrogen-bond acceptors (Lipinski definition) is 8. The number of morpholine rings is 1. The second-order valence-corrected chi connectivity index (χ2v) is 10.1. The zero-order valence-corrected chi connectivity index (χ0v) is 22.7. The summed E-state index contributed by atoms with van der Waals surface area (Å²) in [5.74, 6) is 1.11. The lowest BCUT2D eigenvalue weighted by Gasteiger charge is -2.33. The number of benzene rings is 2. The molecule has 1 saturated heterocycles. The summed E-state index contributed by atoms with van der Waals surface area (Å²) < 4.78 is 11.6. The van der Waals surface area contributed by atoms with Crippen molar-refractivity contribution < 1.29 is 19.7 Å². The van der Waals surface area contributed by atoms with E-state index in [2.05, 4.69) is 42.2 Å². The highest BCUT2D eigenvalue weighted by Crippen LogP contribution is 2.31. The molecule has 2 unspecified atom stereocenters. The molecule has 2 aromatic carbocycles. The van der Waals surface area contributed by atoms with E-state index < -0.39 is 6.10 Å². The van der Waals surface area contributed by atoms with Crippen LogP contribution in [0.3, 0.4) is 0 Å². The fraction of sp³-hybridized carbons (Fsp3) is 0.333. The normalized spacial score (nSPS) is 16.6. The van der Waals surface area contributed by atoms with Crippen molar-refractivity contribution in [1.29, 1.82) is 0 Å². The molecule has 2 aromatic heterocycles. The molecule has 5 rings (SSSR count). The summed E-state index contributed by atoms with van der Waals surface area (Å²) in [7, 11) is 1.59. The molecule has 1 fully saturated rings. The van der Waals surface area contributed by atoms with E-state index in [4.69, 9.17) is 14.5 Å². The van der Waals surface area contributed by atoms with Crippen LogP contribution in [0.4, 0.5) is 11.4 Å².